The second-order valence-electron chi connectivity index (χ2n) is 5.08. The van der Waals surface area contributed by atoms with Crippen LogP contribution in [0.4, 0.5) is 0 Å². The highest BCUT2D eigenvalue weighted by Crippen LogP contribution is 2.13. The van der Waals surface area contributed by atoms with Gasteiger partial charge in [0, 0.05) is 5.75 Å². The topological polar surface area (TPSA) is 66.4 Å². The average Bonchev–Trinajstić information content (AvgIpc) is 2.45. The van der Waals surface area contributed by atoms with Crippen LogP contribution in [0.15, 0.2) is 24.3 Å². The molecule has 1 atom stereocenters. The van der Waals surface area contributed by atoms with Gasteiger partial charge in [0.2, 0.25) is 5.91 Å². The van der Waals surface area contributed by atoms with Gasteiger partial charge in [-0.15, -0.1) is 11.8 Å². The maximum Gasteiger partial charge on any atom is 0.326 e. The molecular formula is C16H23NO3S. The summed E-state index contributed by atoms with van der Waals surface area (Å²) in [6.07, 6.45) is 2.20. The SMILES string of the molecule is CCCCC(NC(=O)CSCc1ccc(C)cc1)C(=O)O. The van der Waals surface area contributed by atoms with E-state index in [1.54, 1.807) is 0 Å². The molecule has 0 saturated heterocycles. The van der Waals surface area contributed by atoms with E-state index in [0.717, 1.165) is 18.6 Å². The molecule has 2 N–H and O–H groups in total. The fourth-order valence-corrected chi connectivity index (χ4v) is 2.65. The zero-order valence-electron chi connectivity index (χ0n) is 12.6. The molecule has 1 amide bonds. The van der Waals surface area contributed by atoms with E-state index >= 15 is 0 Å². The van der Waals surface area contributed by atoms with Crippen LogP contribution in [0.5, 0.6) is 0 Å². The van der Waals surface area contributed by atoms with E-state index in [-0.39, 0.29) is 11.7 Å². The van der Waals surface area contributed by atoms with E-state index in [9.17, 15) is 9.59 Å². The maximum absolute atomic E-state index is 11.8. The van der Waals surface area contributed by atoms with Crippen LogP contribution in [0.1, 0.15) is 37.3 Å². The molecule has 1 unspecified atom stereocenters. The van der Waals surface area contributed by atoms with Crippen LogP contribution >= 0.6 is 11.8 Å². The maximum atomic E-state index is 11.8. The van der Waals surface area contributed by atoms with Gasteiger partial charge in [-0.05, 0) is 18.9 Å². The molecule has 0 fully saturated rings. The molecular weight excluding hydrogens is 286 g/mol. The number of aryl methyl sites for hydroxylation is 1. The molecule has 0 spiro atoms. The Labute approximate surface area is 130 Å². The second kappa shape index (κ2) is 9.45. The van der Waals surface area contributed by atoms with Gasteiger partial charge < -0.3 is 10.4 Å². The van der Waals surface area contributed by atoms with Crippen molar-refractivity contribution >= 4 is 23.6 Å². The molecule has 1 aromatic carbocycles. The Bertz CT molecular complexity index is 459. The smallest absolute Gasteiger partial charge is 0.326 e. The standard InChI is InChI=1S/C16H23NO3S/c1-3-4-5-14(16(19)20)17-15(18)11-21-10-13-8-6-12(2)7-9-13/h6-9,14H,3-5,10-11H2,1-2H3,(H,17,18)(H,19,20). The Morgan fingerprint density at radius 1 is 1.29 bits per heavy atom. The van der Waals surface area contributed by atoms with Crippen LogP contribution < -0.4 is 5.32 Å². The van der Waals surface area contributed by atoms with Crippen molar-refractivity contribution in [1.82, 2.24) is 5.32 Å². The van der Waals surface area contributed by atoms with Gasteiger partial charge in [0.05, 0.1) is 5.75 Å². The van der Waals surface area contributed by atoms with Crippen molar-refractivity contribution in [1.29, 1.82) is 0 Å². The van der Waals surface area contributed by atoms with Crippen molar-refractivity contribution in [2.75, 3.05) is 5.75 Å². The van der Waals surface area contributed by atoms with Crippen LogP contribution in [0.2, 0.25) is 0 Å². The van der Waals surface area contributed by atoms with Gasteiger partial charge in [0.25, 0.3) is 0 Å². The predicted molar refractivity (Wildman–Crippen MR) is 86.4 cm³/mol. The van der Waals surface area contributed by atoms with Gasteiger partial charge in [-0.25, -0.2) is 4.79 Å². The fraction of sp³-hybridized carbons (Fsp3) is 0.500. The lowest BCUT2D eigenvalue weighted by Crippen LogP contribution is -2.41. The monoisotopic (exact) mass is 309 g/mol. The van der Waals surface area contributed by atoms with Crippen LogP contribution in [0.25, 0.3) is 0 Å². The number of benzene rings is 1. The molecule has 0 aliphatic heterocycles. The number of rotatable bonds is 9. The summed E-state index contributed by atoms with van der Waals surface area (Å²) in [6, 6.07) is 7.41. The van der Waals surface area contributed by atoms with Crippen molar-refractivity contribution in [3.8, 4) is 0 Å². The number of carbonyl (C=O) groups excluding carboxylic acids is 1. The first-order valence-electron chi connectivity index (χ1n) is 7.18. The molecule has 5 heteroatoms. The number of amides is 1. The molecule has 0 aliphatic carbocycles. The lowest BCUT2D eigenvalue weighted by atomic mass is 10.1. The Kier molecular flexibility index (Phi) is 7.90. The van der Waals surface area contributed by atoms with E-state index in [4.69, 9.17) is 5.11 Å². The number of hydrogen-bond acceptors (Lipinski definition) is 3. The van der Waals surface area contributed by atoms with Crippen molar-refractivity contribution < 1.29 is 14.7 Å². The molecule has 0 radical (unpaired) electrons. The molecule has 0 saturated carbocycles. The summed E-state index contributed by atoms with van der Waals surface area (Å²) in [7, 11) is 0. The molecule has 0 aromatic heterocycles. The van der Waals surface area contributed by atoms with Gasteiger partial charge in [-0.3, -0.25) is 4.79 Å². The minimum Gasteiger partial charge on any atom is -0.480 e. The molecule has 0 bridgehead atoms. The summed E-state index contributed by atoms with van der Waals surface area (Å²) < 4.78 is 0. The zero-order valence-corrected chi connectivity index (χ0v) is 13.4. The highest BCUT2D eigenvalue weighted by molar-refractivity contribution is 7.99. The van der Waals surface area contributed by atoms with E-state index in [1.807, 2.05) is 38.1 Å². The lowest BCUT2D eigenvalue weighted by Gasteiger charge is -2.13. The summed E-state index contributed by atoms with van der Waals surface area (Å²) in [5.41, 5.74) is 2.38. The largest absolute Gasteiger partial charge is 0.480 e. The molecule has 0 aliphatic rings. The minimum absolute atomic E-state index is 0.212. The quantitative estimate of drug-likeness (QED) is 0.736. The van der Waals surface area contributed by atoms with Gasteiger partial charge in [0.15, 0.2) is 0 Å². The average molecular weight is 309 g/mol. The number of carbonyl (C=O) groups is 2. The third-order valence-corrected chi connectivity index (χ3v) is 4.11. The predicted octanol–water partition coefficient (Wildman–Crippen LogP) is 2.99. The molecule has 116 valence electrons. The van der Waals surface area contributed by atoms with E-state index < -0.39 is 12.0 Å². The highest BCUT2D eigenvalue weighted by Gasteiger charge is 2.18. The molecule has 21 heavy (non-hydrogen) atoms. The van der Waals surface area contributed by atoms with Crippen molar-refractivity contribution in [2.45, 2.75) is 44.9 Å². The number of nitrogens with one attached hydrogen (secondary N) is 1. The van der Waals surface area contributed by atoms with Crippen LogP contribution in [-0.2, 0) is 15.3 Å². The Morgan fingerprint density at radius 2 is 1.95 bits per heavy atom. The number of hydrogen-bond donors (Lipinski definition) is 2. The van der Waals surface area contributed by atoms with Gasteiger partial charge in [-0.2, -0.15) is 0 Å². The van der Waals surface area contributed by atoms with E-state index in [0.29, 0.717) is 6.42 Å². The van der Waals surface area contributed by atoms with Crippen LogP contribution in [0.3, 0.4) is 0 Å². The van der Waals surface area contributed by atoms with Crippen molar-refractivity contribution in [2.24, 2.45) is 0 Å². The summed E-state index contributed by atoms with van der Waals surface area (Å²) >= 11 is 1.49. The number of aliphatic carboxylic acids is 1. The highest BCUT2D eigenvalue weighted by atomic mass is 32.2. The molecule has 0 heterocycles. The summed E-state index contributed by atoms with van der Waals surface area (Å²) in [5, 5.41) is 11.6. The van der Waals surface area contributed by atoms with Crippen molar-refractivity contribution in [3.63, 3.8) is 0 Å². The number of unbranched alkanes of at least 4 members (excludes halogenated alkanes) is 1. The lowest BCUT2D eigenvalue weighted by molar-refractivity contribution is -0.141. The minimum atomic E-state index is -0.958. The number of carboxylic acids is 1. The number of thioether (sulfide) groups is 1. The van der Waals surface area contributed by atoms with Gasteiger partial charge in [0.1, 0.15) is 6.04 Å². The van der Waals surface area contributed by atoms with E-state index in [1.165, 1.54) is 22.9 Å². The molecule has 1 aromatic rings. The normalized spacial score (nSPS) is 11.9. The second-order valence-corrected chi connectivity index (χ2v) is 6.06. The summed E-state index contributed by atoms with van der Waals surface area (Å²) in [4.78, 5) is 22.8. The van der Waals surface area contributed by atoms with Crippen molar-refractivity contribution in [3.05, 3.63) is 35.4 Å². The zero-order chi connectivity index (χ0) is 15.7. The fourth-order valence-electron chi connectivity index (χ4n) is 1.85. The number of carboxylic acid groups (broad SMARTS) is 1. The first-order valence-corrected chi connectivity index (χ1v) is 8.34. The summed E-state index contributed by atoms with van der Waals surface area (Å²) in [5.74, 6) is -0.138. The van der Waals surface area contributed by atoms with E-state index in [2.05, 4.69) is 5.32 Å². The summed E-state index contributed by atoms with van der Waals surface area (Å²) in [6.45, 7) is 4.03. The van der Waals surface area contributed by atoms with Crippen LogP contribution in [-0.4, -0.2) is 28.8 Å². The van der Waals surface area contributed by atoms with Gasteiger partial charge in [-0.1, -0.05) is 49.6 Å². The Hall–Kier alpha value is -1.49. The first-order chi connectivity index (χ1) is 10.0. The third kappa shape index (κ3) is 7.18. The molecule has 1 rings (SSSR count). The first kappa shape index (κ1) is 17.6. The Balaban J connectivity index is 2.32. The van der Waals surface area contributed by atoms with Crippen LogP contribution in [0, 0.1) is 6.92 Å². The molecule has 4 nitrogen and oxygen atoms in total. The third-order valence-electron chi connectivity index (χ3n) is 3.10. The van der Waals surface area contributed by atoms with Gasteiger partial charge >= 0.3 is 5.97 Å². The Morgan fingerprint density at radius 3 is 2.52 bits per heavy atom.